The highest BCUT2D eigenvalue weighted by Gasteiger charge is 2.43. The van der Waals surface area contributed by atoms with Crippen LogP contribution >= 0.6 is 12.2 Å². The highest BCUT2D eigenvalue weighted by molar-refractivity contribution is 7.80. The zero-order valence-corrected chi connectivity index (χ0v) is 20.3. The first-order chi connectivity index (χ1) is 18.0. The van der Waals surface area contributed by atoms with Gasteiger partial charge in [0.25, 0.3) is 5.69 Å². The fraction of sp³-hybridized carbons (Fsp3) is 0.154. The number of nitrogens with one attached hydrogen (secondary N) is 1. The van der Waals surface area contributed by atoms with E-state index in [2.05, 4.69) is 10.3 Å². The molecule has 0 saturated carbocycles. The van der Waals surface area contributed by atoms with E-state index in [1.807, 2.05) is 53.4 Å². The van der Waals surface area contributed by atoms with E-state index < -0.39 is 4.92 Å². The molecule has 1 fully saturated rings. The van der Waals surface area contributed by atoms with Crippen molar-refractivity contribution in [2.45, 2.75) is 12.1 Å². The number of pyridine rings is 1. The first kappa shape index (κ1) is 22.8. The molecule has 37 heavy (non-hydrogen) atoms. The molecule has 0 radical (unpaired) electrons. The highest BCUT2D eigenvalue weighted by Crippen LogP contribution is 2.46. The molecular formula is C26H20N4O6S. The molecule has 11 heteroatoms. The van der Waals surface area contributed by atoms with Crippen LogP contribution in [-0.4, -0.2) is 28.9 Å². The van der Waals surface area contributed by atoms with Gasteiger partial charge in [-0.3, -0.25) is 15.1 Å². The zero-order chi connectivity index (χ0) is 25.5. The third-order valence-corrected chi connectivity index (χ3v) is 6.63. The smallest absolute Gasteiger partial charge is 0.273 e. The standard InChI is InChI=1S/C26H20N4O6S/c1-33-22-13-16(30(31)32)5-7-17(22)19-9-10-21(36-19)25-24(18-4-2-3-11-27-18)28-26(37)29(25)15-6-8-20-23(12-15)35-14-34-20/h2-13,24-25H,14H2,1H3,(H,28,37). The molecule has 4 heterocycles. The Morgan fingerprint density at radius 3 is 2.76 bits per heavy atom. The van der Waals surface area contributed by atoms with Crippen LogP contribution in [0.5, 0.6) is 17.2 Å². The summed E-state index contributed by atoms with van der Waals surface area (Å²) in [5.41, 5.74) is 2.12. The quantitative estimate of drug-likeness (QED) is 0.209. The van der Waals surface area contributed by atoms with Gasteiger partial charge in [0.1, 0.15) is 23.3 Å². The molecule has 0 spiro atoms. The number of furan rings is 1. The number of aromatic nitrogens is 1. The number of anilines is 1. The largest absolute Gasteiger partial charge is 0.496 e. The maximum Gasteiger partial charge on any atom is 0.273 e. The first-order valence-electron chi connectivity index (χ1n) is 11.4. The van der Waals surface area contributed by atoms with Crippen molar-refractivity contribution in [1.29, 1.82) is 0 Å². The number of hydrogen-bond acceptors (Lipinski definition) is 8. The summed E-state index contributed by atoms with van der Waals surface area (Å²) in [7, 11) is 1.46. The molecule has 0 aliphatic carbocycles. The lowest BCUT2D eigenvalue weighted by atomic mass is 10.0. The lowest BCUT2D eigenvalue weighted by molar-refractivity contribution is -0.384. The van der Waals surface area contributed by atoms with Gasteiger partial charge in [0.05, 0.1) is 35.4 Å². The molecule has 186 valence electrons. The van der Waals surface area contributed by atoms with Crippen molar-refractivity contribution in [3.05, 3.63) is 94.5 Å². The van der Waals surface area contributed by atoms with Gasteiger partial charge in [0, 0.05) is 24.0 Å². The number of fused-ring (bicyclic) bond motifs is 1. The number of nitrogens with zero attached hydrogens (tertiary/aromatic N) is 3. The highest BCUT2D eigenvalue weighted by atomic mass is 32.1. The van der Waals surface area contributed by atoms with E-state index in [0.717, 1.165) is 11.4 Å². The number of ether oxygens (including phenoxy) is 3. The number of non-ortho nitro benzene ring substituents is 1. The van der Waals surface area contributed by atoms with Crippen molar-refractivity contribution in [2.75, 3.05) is 18.8 Å². The Morgan fingerprint density at radius 1 is 1.11 bits per heavy atom. The number of thiocarbonyl (C=S) groups is 1. The van der Waals surface area contributed by atoms with E-state index in [1.165, 1.54) is 19.2 Å². The number of nitro benzene ring substituents is 1. The van der Waals surface area contributed by atoms with Crippen molar-refractivity contribution in [3.8, 4) is 28.6 Å². The normalized spacial score (nSPS) is 18.1. The van der Waals surface area contributed by atoms with Crippen molar-refractivity contribution in [1.82, 2.24) is 10.3 Å². The zero-order valence-electron chi connectivity index (χ0n) is 19.5. The second-order valence-electron chi connectivity index (χ2n) is 8.38. The average molecular weight is 517 g/mol. The van der Waals surface area contributed by atoms with E-state index in [-0.39, 0.29) is 24.6 Å². The summed E-state index contributed by atoms with van der Waals surface area (Å²) in [6.07, 6.45) is 1.73. The molecular weight excluding hydrogens is 496 g/mol. The number of benzene rings is 2. The van der Waals surface area contributed by atoms with E-state index in [9.17, 15) is 10.1 Å². The maximum atomic E-state index is 11.2. The minimum atomic E-state index is -0.467. The fourth-order valence-corrected chi connectivity index (χ4v) is 4.96. The number of methoxy groups -OCH3 is 1. The van der Waals surface area contributed by atoms with Crippen molar-refractivity contribution in [2.24, 2.45) is 0 Å². The van der Waals surface area contributed by atoms with Crippen LogP contribution in [0.2, 0.25) is 0 Å². The predicted molar refractivity (Wildman–Crippen MR) is 138 cm³/mol. The Bertz CT molecular complexity index is 1510. The molecule has 10 nitrogen and oxygen atoms in total. The summed E-state index contributed by atoms with van der Waals surface area (Å²) < 4.78 is 22.8. The Balaban J connectivity index is 1.44. The summed E-state index contributed by atoms with van der Waals surface area (Å²) in [5, 5.41) is 15.1. The molecule has 0 amide bonds. The van der Waals surface area contributed by atoms with E-state index in [4.69, 9.17) is 30.8 Å². The summed E-state index contributed by atoms with van der Waals surface area (Å²) in [5.74, 6) is 2.77. The van der Waals surface area contributed by atoms with Crippen LogP contribution in [0.4, 0.5) is 11.4 Å². The van der Waals surface area contributed by atoms with Gasteiger partial charge >= 0.3 is 0 Å². The van der Waals surface area contributed by atoms with Crippen molar-refractivity contribution in [3.63, 3.8) is 0 Å². The van der Waals surface area contributed by atoms with E-state index in [0.29, 0.717) is 39.4 Å². The molecule has 2 aliphatic rings. The van der Waals surface area contributed by atoms with Crippen LogP contribution < -0.4 is 24.4 Å². The molecule has 1 N–H and O–H groups in total. The topological polar surface area (TPSA) is 112 Å². The van der Waals surface area contributed by atoms with Crippen molar-refractivity contribution >= 4 is 28.7 Å². The second kappa shape index (κ2) is 9.10. The lowest BCUT2D eigenvalue weighted by Crippen LogP contribution is -2.29. The SMILES string of the molecule is COc1cc([N+](=O)[O-])ccc1-c1ccc(C2C(c3ccccn3)NC(=S)N2c2ccc3c(c2)OCO3)o1. The summed E-state index contributed by atoms with van der Waals surface area (Å²) in [6, 6.07) is 18.7. The monoisotopic (exact) mass is 516 g/mol. The minimum absolute atomic E-state index is 0.0677. The summed E-state index contributed by atoms with van der Waals surface area (Å²) in [6.45, 7) is 0.167. The molecule has 2 aromatic heterocycles. The third-order valence-electron chi connectivity index (χ3n) is 6.31. The lowest BCUT2D eigenvalue weighted by Gasteiger charge is -2.26. The number of rotatable bonds is 6. The van der Waals surface area contributed by atoms with Gasteiger partial charge in [-0.05, 0) is 54.7 Å². The average Bonchev–Trinajstić information content (AvgIpc) is 3.66. The first-order valence-corrected chi connectivity index (χ1v) is 11.8. The molecule has 2 unspecified atom stereocenters. The van der Waals surface area contributed by atoms with Gasteiger partial charge < -0.3 is 28.8 Å². The van der Waals surface area contributed by atoms with Crippen molar-refractivity contribution < 1.29 is 23.6 Å². The molecule has 2 aliphatic heterocycles. The Morgan fingerprint density at radius 2 is 1.97 bits per heavy atom. The van der Waals surface area contributed by atoms with Crippen LogP contribution in [0, 0.1) is 10.1 Å². The predicted octanol–water partition coefficient (Wildman–Crippen LogP) is 5.16. The minimum Gasteiger partial charge on any atom is -0.496 e. The van der Waals surface area contributed by atoms with E-state index >= 15 is 0 Å². The van der Waals surface area contributed by atoms with Gasteiger partial charge in [-0.25, -0.2) is 0 Å². The van der Waals surface area contributed by atoms with Gasteiger partial charge in [-0.2, -0.15) is 0 Å². The fourth-order valence-electron chi connectivity index (χ4n) is 4.61. The number of hydrogen-bond donors (Lipinski definition) is 1. The van der Waals surface area contributed by atoms with Crippen LogP contribution in [0.15, 0.2) is 77.3 Å². The third kappa shape index (κ3) is 3.99. The van der Waals surface area contributed by atoms with Gasteiger partial charge in [-0.15, -0.1) is 0 Å². The van der Waals surface area contributed by atoms with E-state index in [1.54, 1.807) is 12.3 Å². The van der Waals surface area contributed by atoms with Crippen LogP contribution in [0.25, 0.3) is 11.3 Å². The Labute approximate surface area is 216 Å². The molecule has 1 saturated heterocycles. The molecule has 4 aromatic rings. The summed E-state index contributed by atoms with van der Waals surface area (Å²) >= 11 is 5.77. The molecule has 2 atom stereocenters. The molecule has 0 bridgehead atoms. The van der Waals surface area contributed by atoms with Crippen LogP contribution in [-0.2, 0) is 0 Å². The maximum absolute atomic E-state index is 11.2. The second-order valence-corrected chi connectivity index (χ2v) is 8.76. The van der Waals surface area contributed by atoms with Crippen LogP contribution in [0.3, 0.4) is 0 Å². The van der Waals surface area contributed by atoms with Gasteiger partial charge in [-0.1, -0.05) is 6.07 Å². The number of nitro groups is 1. The van der Waals surface area contributed by atoms with Gasteiger partial charge in [0.2, 0.25) is 6.79 Å². The van der Waals surface area contributed by atoms with Crippen LogP contribution in [0.1, 0.15) is 23.5 Å². The van der Waals surface area contributed by atoms with Gasteiger partial charge in [0.15, 0.2) is 16.6 Å². The summed E-state index contributed by atoms with van der Waals surface area (Å²) in [4.78, 5) is 17.3. The molecule has 6 rings (SSSR count). The molecule has 2 aromatic carbocycles. The Kier molecular flexibility index (Phi) is 5.61. The Hall–Kier alpha value is -4.64.